The van der Waals surface area contributed by atoms with Gasteiger partial charge in [0.25, 0.3) is 0 Å². The molecule has 1 aliphatic rings. The van der Waals surface area contributed by atoms with E-state index in [1.165, 1.54) is 0 Å². The fourth-order valence-electron chi connectivity index (χ4n) is 2.74. The molecule has 0 bridgehead atoms. The summed E-state index contributed by atoms with van der Waals surface area (Å²) in [6.07, 6.45) is 2.43. The third kappa shape index (κ3) is 4.88. The van der Waals surface area contributed by atoms with Gasteiger partial charge in [0.2, 0.25) is 5.91 Å². The van der Waals surface area contributed by atoms with Gasteiger partial charge in [0.05, 0.1) is 11.3 Å². The Morgan fingerprint density at radius 2 is 2.05 bits per heavy atom. The summed E-state index contributed by atoms with van der Waals surface area (Å²) in [5.41, 5.74) is 5.78. The van der Waals surface area contributed by atoms with Crippen LogP contribution in [-0.4, -0.2) is 45.6 Å². The van der Waals surface area contributed by atoms with E-state index in [1.807, 2.05) is 6.92 Å². The summed E-state index contributed by atoms with van der Waals surface area (Å²) in [6, 6.07) is -0.715. The summed E-state index contributed by atoms with van der Waals surface area (Å²) in [6.45, 7) is 8.52. The maximum Gasteiger partial charge on any atom is 0.327 e. The number of rotatable bonds is 6. The first-order valence-electron chi connectivity index (χ1n) is 7.58. The molecule has 3 N–H and O–H groups in total. The zero-order valence-corrected chi connectivity index (χ0v) is 14.3. The number of carboxylic acid groups (broad SMARTS) is 1. The van der Waals surface area contributed by atoms with Crippen LogP contribution in [0.1, 0.15) is 47.0 Å². The second-order valence-corrected chi connectivity index (χ2v) is 8.08. The lowest BCUT2D eigenvalue weighted by Gasteiger charge is -2.33. The van der Waals surface area contributed by atoms with Crippen molar-refractivity contribution in [2.45, 2.75) is 58.4 Å². The van der Waals surface area contributed by atoms with E-state index in [2.05, 4.69) is 20.8 Å². The molecule has 1 fully saturated rings. The number of carbonyl (C=O) groups is 2. The first-order chi connectivity index (χ1) is 9.71. The number of carbonyl (C=O) groups excluding carboxylic acids is 1. The van der Waals surface area contributed by atoms with Gasteiger partial charge in [-0.15, -0.1) is 11.8 Å². The van der Waals surface area contributed by atoms with Crippen molar-refractivity contribution in [3.8, 4) is 0 Å². The highest BCUT2D eigenvalue weighted by molar-refractivity contribution is 8.00. The molecule has 122 valence electrons. The number of nitrogens with two attached hydrogens (primary N) is 1. The van der Waals surface area contributed by atoms with Crippen LogP contribution in [0.3, 0.4) is 0 Å². The molecule has 3 atom stereocenters. The molecule has 0 radical (unpaired) electrons. The molecule has 21 heavy (non-hydrogen) atoms. The number of aliphatic carboxylic acids is 1. The summed E-state index contributed by atoms with van der Waals surface area (Å²) in [5.74, 6) is -0.840. The molecular weight excluding hydrogens is 288 g/mol. The SMILES string of the molecule is CCCC1SCC(C(=O)O)N1C(=O)C(CN)CC(C)(C)C. The van der Waals surface area contributed by atoms with E-state index < -0.39 is 12.0 Å². The van der Waals surface area contributed by atoms with Gasteiger partial charge in [-0.25, -0.2) is 4.79 Å². The summed E-state index contributed by atoms with van der Waals surface area (Å²) in [4.78, 5) is 25.8. The van der Waals surface area contributed by atoms with E-state index in [4.69, 9.17) is 5.73 Å². The van der Waals surface area contributed by atoms with Crippen LogP contribution < -0.4 is 5.73 Å². The minimum Gasteiger partial charge on any atom is -0.480 e. The molecule has 1 amide bonds. The van der Waals surface area contributed by atoms with E-state index in [0.29, 0.717) is 12.2 Å². The molecule has 1 saturated heterocycles. The minimum absolute atomic E-state index is 0.00840. The van der Waals surface area contributed by atoms with Crippen molar-refractivity contribution in [2.24, 2.45) is 17.1 Å². The van der Waals surface area contributed by atoms with Crippen molar-refractivity contribution in [2.75, 3.05) is 12.3 Å². The molecule has 1 aliphatic heterocycles. The van der Waals surface area contributed by atoms with Crippen LogP contribution in [0, 0.1) is 11.3 Å². The van der Waals surface area contributed by atoms with E-state index in [1.54, 1.807) is 16.7 Å². The van der Waals surface area contributed by atoms with E-state index >= 15 is 0 Å². The number of hydrogen-bond donors (Lipinski definition) is 2. The van der Waals surface area contributed by atoms with Crippen molar-refractivity contribution in [1.29, 1.82) is 0 Å². The predicted molar refractivity (Wildman–Crippen MR) is 86.0 cm³/mol. The second kappa shape index (κ2) is 7.49. The molecule has 0 aromatic rings. The fraction of sp³-hybridized carbons (Fsp3) is 0.867. The van der Waals surface area contributed by atoms with Gasteiger partial charge in [-0.2, -0.15) is 0 Å². The summed E-state index contributed by atoms with van der Waals surface area (Å²) < 4.78 is 0. The third-order valence-electron chi connectivity index (χ3n) is 3.66. The average Bonchev–Trinajstić information content (AvgIpc) is 2.78. The van der Waals surface area contributed by atoms with Gasteiger partial charge in [-0.1, -0.05) is 34.1 Å². The Morgan fingerprint density at radius 1 is 1.43 bits per heavy atom. The number of hydrogen-bond acceptors (Lipinski definition) is 4. The van der Waals surface area contributed by atoms with Crippen molar-refractivity contribution in [3.63, 3.8) is 0 Å². The summed E-state index contributed by atoms with van der Waals surface area (Å²) in [7, 11) is 0. The summed E-state index contributed by atoms with van der Waals surface area (Å²) >= 11 is 1.57. The van der Waals surface area contributed by atoms with Crippen molar-refractivity contribution < 1.29 is 14.7 Å². The second-order valence-electron chi connectivity index (χ2n) is 6.87. The molecule has 0 saturated carbocycles. The topological polar surface area (TPSA) is 83.6 Å². The van der Waals surface area contributed by atoms with Crippen molar-refractivity contribution in [3.05, 3.63) is 0 Å². The highest BCUT2D eigenvalue weighted by Crippen LogP contribution is 2.35. The highest BCUT2D eigenvalue weighted by atomic mass is 32.2. The quantitative estimate of drug-likeness (QED) is 0.784. The Labute approximate surface area is 131 Å². The molecule has 1 heterocycles. The normalized spacial score (nSPS) is 24.1. The van der Waals surface area contributed by atoms with Gasteiger partial charge in [0, 0.05) is 12.3 Å². The Bertz CT molecular complexity index is 382. The fourth-order valence-corrected chi connectivity index (χ4v) is 4.26. The van der Waals surface area contributed by atoms with Gasteiger partial charge < -0.3 is 15.7 Å². The zero-order chi connectivity index (χ0) is 16.2. The molecule has 0 aromatic heterocycles. The zero-order valence-electron chi connectivity index (χ0n) is 13.5. The highest BCUT2D eigenvalue weighted by Gasteiger charge is 2.43. The van der Waals surface area contributed by atoms with Crippen molar-refractivity contribution >= 4 is 23.6 Å². The monoisotopic (exact) mass is 316 g/mol. The van der Waals surface area contributed by atoms with E-state index in [-0.39, 0.29) is 29.2 Å². The molecule has 3 unspecified atom stereocenters. The average molecular weight is 316 g/mol. The molecule has 1 rings (SSSR count). The van der Waals surface area contributed by atoms with Crippen LogP contribution in [0.25, 0.3) is 0 Å². The van der Waals surface area contributed by atoms with Gasteiger partial charge >= 0.3 is 5.97 Å². The van der Waals surface area contributed by atoms with Gasteiger partial charge in [-0.05, 0) is 18.3 Å². The maximum atomic E-state index is 12.8. The third-order valence-corrected chi connectivity index (χ3v) is 5.02. The predicted octanol–water partition coefficient (Wildman–Crippen LogP) is 2.15. The van der Waals surface area contributed by atoms with Crippen LogP contribution >= 0.6 is 11.8 Å². The lowest BCUT2D eigenvalue weighted by molar-refractivity contribution is -0.151. The van der Waals surface area contributed by atoms with Crippen LogP contribution in [-0.2, 0) is 9.59 Å². The number of carboxylic acids is 1. The molecular formula is C15H28N2O3S. The Hall–Kier alpha value is -0.750. The first-order valence-corrected chi connectivity index (χ1v) is 8.62. The molecule has 6 heteroatoms. The van der Waals surface area contributed by atoms with E-state index in [9.17, 15) is 14.7 Å². The smallest absolute Gasteiger partial charge is 0.327 e. The molecule has 5 nitrogen and oxygen atoms in total. The lowest BCUT2D eigenvalue weighted by Crippen LogP contribution is -2.50. The van der Waals surface area contributed by atoms with Crippen LogP contribution in [0.4, 0.5) is 0 Å². The minimum atomic E-state index is -0.916. The number of thioether (sulfide) groups is 1. The maximum absolute atomic E-state index is 12.8. The van der Waals surface area contributed by atoms with Gasteiger partial charge in [0.1, 0.15) is 6.04 Å². The Morgan fingerprint density at radius 3 is 2.48 bits per heavy atom. The van der Waals surface area contributed by atoms with Crippen molar-refractivity contribution in [1.82, 2.24) is 4.90 Å². The van der Waals surface area contributed by atoms with Gasteiger partial charge in [-0.3, -0.25) is 4.79 Å². The van der Waals surface area contributed by atoms with Gasteiger partial charge in [0.15, 0.2) is 0 Å². The standard InChI is InChI=1S/C15H28N2O3S/c1-5-6-12-17(11(9-21-12)14(19)20)13(18)10(8-16)7-15(2,3)4/h10-12H,5-9,16H2,1-4H3,(H,19,20). The number of nitrogens with zero attached hydrogens (tertiary/aromatic N) is 1. The van der Waals surface area contributed by atoms with Crippen LogP contribution in [0.15, 0.2) is 0 Å². The Kier molecular flexibility index (Phi) is 6.53. The molecule has 0 aromatic carbocycles. The largest absolute Gasteiger partial charge is 0.480 e. The van der Waals surface area contributed by atoms with Crippen LogP contribution in [0.2, 0.25) is 0 Å². The molecule has 0 aliphatic carbocycles. The molecule has 0 spiro atoms. The first kappa shape index (κ1) is 18.3. The summed E-state index contributed by atoms with van der Waals surface area (Å²) in [5, 5.41) is 9.34. The lowest BCUT2D eigenvalue weighted by atomic mass is 9.84. The van der Waals surface area contributed by atoms with E-state index in [0.717, 1.165) is 12.8 Å². The Balaban J connectivity index is 2.93. The number of amides is 1. The van der Waals surface area contributed by atoms with Crippen LogP contribution in [0.5, 0.6) is 0 Å².